The standard InChI is InChI=1S/C16H9ClN2O4/c17-12-7-6-10(9-14(12)19(21)22)8-13-16(20)23-15(18-13)11-4-2-1-3-5-11/h1-9H/b13-8-. The number of esters is 1. The second kappa shape index (κ2) is 6.02. The van der Waals surface area contributed by atoms with Gasteiger partial charge in [-0.05, 0) is 29.8 Å². The predicted octanol–water partition coefficient (Wildman–Crippen LogP) is 3.59. The molecule has 0 unspecified atom stereocenters. The monoisotopic (exact) mass is 328 g/mol. The number of nitrogens with zero attached hydrogens (tertiary/aromatic N) is 2. The number of carbonyl (C=O) groups excluding carboxylic acids is 1. The maximum Gasteiger partial charge on any atom is 0.363 e. The molecule has 6 nitrogen and oxygen atoms in total. The number of nitro benzene ring substituents is 1. The summed E-state index contributed by atoms with van der Waals surface area (Å²) in [5, 5.41) is 10.9. The van der Waals surface area contributed by atoms with Crippen LogP contribution >= 0.6 is 11.6 Å². The summed E-state index contributed by atoms with van der Waals surface area (Å²) in [7, 11) is 0. The molecule has 1 aliphatic rings. The van der Waals surface area contributed by atoms with Gasteiger partial charge >= 0.3 is 5.97 Å². The molecule has 23 heavy (non-hydrogen) atoms. The molecular formula is C16H9ClN2O4. The van der Waals surface area contributed by atoms with Crippen LogP contribution in [0.5, 0.6) is 0 Å². The topological polar surface area (TPSA) is 81.8 Å². The maximum atomic E-state index is 11.9. The summed E-state index contributed by atoms with van der Waals surface area (Å²) >= 11 is 5.76. The van der Waals surface area contributed by atoms with Crippen LogP contribution in [-0.2, 0) is 9.53 Å². The zero-order valence-electron chi connectivity index (χ0n) is 11.6. The van der Waals surface area contributed by atoms with Crippen molar-refractivity contribution in [2.75, 3.05) is 0 Å². The van der Waals surface area contributed by atoms with Crippen LogP contribution in [0.2, 0.25) is 5.02 Å². The summed E-state index contributed by atoms with van der Waals surface area (Å²) in [5.41, 5.74) is 0.942. The molecule has 0 aromatic heterocycles. The minimum atomic E-state index is -0.610. The highest BCUT2D eigenvalue weighted by Gasteiger charge is 2.24. The molecule has 0 radical (unpaired) electrons. The van der Waals surface area contributed by atoms with Crippen LogP contribution in [0.3, 0.4) is 0 Å². The second-order valence-electron chi connectivity index (χ2n) is 4.67. The van der Waals surface area contributed by atoms with E-state index in [1.54, 1.807) is 30.3 Å². The van der Waals surface area contributed by atoms with Gasteiger partial charge in [0.05, 0.1) is 4.92 Å². The molecule has 0 spiro atoms. The molecule has 0 saturated heterocycles. The summed E-state index contributed by atoms with van der Waals surface area (Å²) in [6.07, 6.45) is 1.42. The number of hydrogen-bond acceptors (Lipinski definition) is 5. The van der Waals surface area contributed by atoms with Crippen molar-refractivity contribution in [1.82, 2.24) is 0 Å². The van der Waals surface area contributed by atoms with Gasteiger partial charge in [0, 0.05) is 11.6 Å². The molecule has 0 saturated carbocycles. The van der Waals surface area contributed by atoms with E-state index < -0.39 is 10.9 Å². The van der Waals surface area contributed by atoms with E-state index in [0.29, 0.717) is 11.1 Å². The van der Waals surface area contributed by atoms with Crippen LogP contribution in [-0.4, -0.2) is 16.8 Å². The number of benzene rings is 2. The number of carbonyl (C=O) groups is 1. The van der Waals surface area contributed by atoms with E-state index in [1.807, 2.05) is 6.07 Å². The van der Waals surface area contributed by atoms with Crippen molar-refractivity contribution in [3.63, 3.8) is 0 Å². The SMILES string of the molecule is O=C1OC(c2ccccc2)=N/C1=C\c1ccc(Cl)c([N+](=O)[O-])c1. The summed E-state index contributed by atoms with van der Waals surface area (Å²) in [6, 6.07) is 13.2. The Morgan fingerprint density at radius 3 is 2.61 bits per heavy atom. The maximum absolute atomic E-state index is 11.9. The van der Waals surface area contributed by atoms with Gasteiger partial charge in [0.25, 0.3) is 5.69 Å². The third kappa shape index (κ3) is 3.12. The fraction of sp³-hybridized carbons (Fsp3) is 0. The van der Waals surface area contributed by atoms with E-state index in [-0.39, 0.29) is 22.3 Å². The molecule has 0 fully saturated rings. The fourth-order valence-corrected chi connectivity index (χ4v) is 2.22. The Morgan fingerprint density at radius 2 is 1.91 bits per heavy atom. The number of halogens is 1. The lowest BCUT2D eigenvalue weighted by molar-refractivity contribution is -0.384. The first-order valence-corrected chi connectivity index (χ1v) is 6.94. The number of hydrogen-bond donors (Lipinski definition) is 0. The number of rotatable bonds is 3. The molecule has 7 heteroatoms. The molecule has 3 rings (SSSR count). The lowest BCUT2D eigenvalue weighted by atomic mass is 10.1. The molecule has 0 N–H and O–H groups in total. The van der Waals surface area contributed by atoms with E-state index in [0.717, 1.165) is 0 Å². The van der Waals surface area contributed by atoms with Gasteiger partial charge in [0.2, 0.25) is 5.90 Å². The van der Waals surface area contributed by atoms with Gasteiger partial charge in [-0.3, -0.25) is 10.1 Å². The zero-order valence-corrected chi connectivity index (χ0v) is 12.4. The van der Waals surface area contributed by atoms with Gasteiger partial charge in [-0.15, -0.1) is 0 Å². The summed E-state index contributed by atoms with van der Waals surface area (Å²) < 4.78 is 5.12. The number of ether oxygens (including phenoxy) is 1. The van der Waals surface area contributed by atoms with E-state index >= 15 is 0 Å². The largest absolute Gasteiger partial charge is 0.402 e. The van der Waals surface area contributed by atoms with Crippen LogP contribution < -0.4 is 0 Å². The van der Waals surface area contributed by atoms with Crippen molar-refractivity contribution in [3.8, 4) is 0 Å². The first kappa shape index (κ1) is 14.9. The van der Waals surface area contributed by atoms with Crippen LogP contribution in [0.1, 0.15) is 11.1 Å². The normalized spacial score (nSPS) is 15.4. The van der Waals surface area contributed by atoms with E-state index in [4.69, 9.17) is 16.3 Å². The van der Waals surface area contributed by atoms with Crippen LogP contribution in [0.25, 0.3) is 6.08 Å². The van der Waals surface area contributed by atoms with Crippen LogP contribution in [0.15, 0.2) is 59.2 Å². The minimum Gasteiger partial charge on any atom is -0.402 e. The highest BCUT2D eigenvalue weighted by Crippen LogP contribution is 2.27. The van der Waals surface area contributed by atoms with E-state index in [2.05, 4.69) is 4.99 Å². The molecule has 2 aromatic rings. The average molecular weight is 329 g/mol. The highest BCUT2D eigenvalue weighted by atomic mass is 35.5. The van der Waals surface area contributed by atoms with Crippen molar-refractivity contribution >= 4 is 35.2 Å². The van der Waals surface area contributed by atoms with Crippen LogP contribution in [0, 0.1) is 10.1 Å². The smallest absolute Gasteiger partial charge is 0.363 e. The summed E-state index contributed by atoms with van der Waals surface area (Å²) in [6.45, 7) is 0. The average Bonchev–Trinajstić information content (AvgIpc) is 2.91. The molecule has 1 aliphatic heterocycles. The second-order valence-corrected chi connectivity index (χ2v) is 5.08. The van der Waals surface area contributed by atoms with E-state index in [9.17, 15) is 14.9 Å². The van der Waals surface area contributed by atoms with Crippen molar-refractivity contribution < 1.29 is 14.5 Å². The van der Waals surface area contributed by atoms with Crippen LogP contribution in [0.4, 0.5) is 5.69 Å². The summed E-state index contributed by atoms with van der Waals surface area (Å²) in [4.78, 5) is 26.3. The molecule has 0 atom stereocenters. The summed E-state index contributed by atoms with van der Waals surface area (Å²) in [5.74, 6) is -0.410. The highest BCUT2D eigenvalue weighted by molar-refractivity contribution is 6.32. The Balaban J connectivity index is 1.97. The van der Waals surface area contributed by atoms with Gasteiger partial charge in [0.1, 0.15) is 5.02 Å². The first-order chi connectivity index (χ1) is 11.0. The lowest BCUT2D eigenvalue weighted by Gasteiger charge is -1.97. The van der Waals surface area contributed by atoms with Crippen molar-refractivity contribution in [2.45, 2.75) is 0 Å². The third-order valence-corrected chi connectivity index (χ3v) is 3.43. The fourth-order valence-electron chi connectivity index (χ4n) is 2.03. The van der Waals surface area contributed by atoms with Gasteiger partial charge < -0.3 is 4.74 Å². The lowest BCUT2D eigenvalue weighted by Crippen LogP contribution is -2.04. The molecule has 0 amide bonds. The molecule has 114 valence electrons. The van der Waals surface area contributed by atoms with E-state index in [1.165, 1.54) is 18.2 Å². The van der Waals surface area contributed by atoms with Crippen molar-refractivity contribution in [1.29, 1.82) is 0 Å². The number of nitro groups is 1. The minimum absolute atomic E-state index is 0.0274. The zero-order chi connectivity index (χ0) is 16.4. The van der Waals surface area contributed by atoms with Crippen molar-refractivity contribution in [2.24, 2.45) is 4.99 Å². The molecule has 0 aliphatic carbocycles. The van der Waals surface area contributed by atoms with Gasteiger partial charge in [-0.25, -0.2) is 9.79 Å². The quantitative estimate of drug-likeness (QED) is 0.373. The number of aliphatic imine (C=N–C) groups is 1. The Morgan fingerprint density at radius 1 is 1.17 bits per heavy atom. The third-order valence-electron chi connectivity index (χ3n) is 3.11. The van der Waals surface area contributed by atoms with Crippen molar-refractivity contribution in [3.05, 3.63) is 80.5 Å². The Bertz CT molecular complexity index is 860. The Hall–Kier alpha value is -2.99. The first-order valence-electron chi connectivity index (χ1n) is 6.56. The Labute approximate surface area is 135 Å². The molecule has 2 aromatic carbocycles. The predicted molar refractivity (Wildman–Crippen MR) is 85.2 cm³/mol. The Kier molecular flexibility index (Phi) is 3.91. The van der Waals surface area contributed by atoms with Gasteiger partial charge in [0.15, 0.2) is 5.70 Å². The van der Waals surface area contributed by atoms with Gasteiger partial charge in [-0.1, -0.05) is 35.9 Å². The van der Waals surface area contributed by atoms with Gasteiger partial charge in [-0.2, -0.15) is 0 Å². The molecule has 0 bridgehead atoms. The number of cyclic esters (lactones) is 1. The molecular weight excluding hydrogens is 320 g/mol. The molecule has 1 heterocycles.